The van der Waals surface area contributed by atoms with E-state index in [2.05, 4.69) is 27.3 Å². The van der Waals surface area contributed by atoms with E-state index in [4.69, 9.17) is 12.2 Å². The zero-order valence-corrected chi connectivity index (χ0v) is 20.4. The molecule has 0 bridgehead atoms. The maximum atomic E-state index is 13.0. The number of nitrogens with one attached hydrogen (secondary N) is 2. The molecule has 34 heavy (non-hydrogen) atoms. The van der Waals surface area contributed by atoms with Crippen LogP contribution in [0.3, 0.4) is 0 Å². The zero-order valence-electron chi connectivity index (χ0n) is 19.6. The number of carbonyl (C=O) groups excluding carboxylic acids is 2. The molecule has 178 valence electrons. The number of hydrogen-bond donors (Lipinski definition) is 2. The SMILES string of the molecule is CCc1ccccc1NC(=O)CN1CCN(C(=O)Cn2c(-c3ccc(C)cc3)n[nH]c2=S)CC1. The van der Waals surface area contributed by atoms with Crippen molar-refractivity contribution in [2.75, 3.05) is 38.0 Å². The standard InChI is InChI=1S/C25H30N6O2S/c1-3-19-6-4-5-7-21(19)26-22(32)16-29-12-14-30(15-13-29)23(33)17-31-24(27-28-25(31)34)20-10-8-18(2)9-11-20/h4-11H,3,12-17H2,1-2H3,(H,26,32)(H,28,34). The molecular formula is C25H30N6O2S. The molecule has 0 aliphatic carbocycles. The first-order valence-corrected chi connectivity index (χ1v) is 12.0. The Morgan fingerprint density at radius 2 is 1.74 bits per heavy atom. The van der Waals surface area contributed by atoms with Crippen LogP contribution in [0.4, 0.5) is 5.69 Å². The van der Waals surface area contributed by atoms with Gasteiger partial charge in [-0.15, -0.1) is 0 Å². The van der Waals surface area contributed by atoms with Crippen molar-refractivity contribution in [3.8, 4) is 11.4 Å². The van der Waals surface area contributed by atoms with Crippen molar-refractivity contribution in [1.82, 2.24) is 24.6 Å². The lowest BCUT2D eigenvalue weighted by Crippen LogP contribution is -2.51. The van der Waals surface area contributed by atoms with E-state index < -0.39 is 0 Å². The third-order valence-corrected chi connectivity index (χ3v) is 6.44. The lowest BCUT2D eigenvalue weighted by atomic mass is 10.1. The van der Waals surface area contributed by atoms with Gasteiger partial charge in [-0.3, -0.25) is 24.2 Å². The monoisotopic (exact) mass is 478 g/mol. The van der Waals surface area contributed by atoms with Crippen LogP contribution in [-0.4, -0.2) is 69.1 Å². The Morgan fingerprint density at radius 3 is 2.44 bits per heavy atom. The van der Waals surface area contributed by atoms with Gasteiger partial charge in [-0.25, -0.2) is 0 Å². The summed E-state index contributed by atoms with van der Waals surface area (Å²) in [4.78, 5) is 29.5. The molecule has 4 rings (SSSR count). The summed E-state index contributed by atoms with van der Waals surface area (Å²) < 4.78 is 2.17. The van der Waals surface area contributed by atoms with E-state index in [1.54, 1.807) is 4.57 Å². The molecule has 2 amide bonds. The summed E-state index contributed by atoms with van der Waals surface area (Å²) in [5.74, 6) is 0.612. The number of rotatable bonds is 7. The molecule has 2 N–H and O–H groups in total. The summed E-state index contributed by atoms with van der Waals surface area (Å²) in [5, 5.41) is 10.2. The second-order valence-electron chi connectivity index (χ2n) is 8.52. The van der Waals surface area contributed by atoms with E-state index in [1.807, 2.05) is 60.4 Å². The quantitative estimate of drug-likeness (QED) is 0.509. The molecule has 8 nitrogen and oxygen atoms in total. The van der Waals surface area contributed by atoms with Crippen LogP contribution in [0.25, 0.3) is 11.4 Å². The molecule has 2 heterocycles. The number of carbonyl (C=O) groups is 2. The molecular weight excluding hydrogens is 448 g/mol. The van der Waals surface area contributed by atoms with Crippen molar-refractivity contribution >= 4 is 29.7 Å². The number of aromatic nitrogens is 3. The Bertz CT molecular complexity index is 1210. The number of hydrogen-bond acceptors (Lipinski definition) is 5. The zero-order chi connectivity index (χ0) is 24.1. The van der Waals surface area contributed by atoms with Gasteiger partial charge in [0.15, 0.2) is 10.6 Å². The first-order chi connectivity index (χ1) is 16.4. The van der Waals surface area contributed by atoms with Crippen LogP contribution < -0.4 is 5.32 Å². The average molecular weight is 479 g/mol. The number of aryl methyl sites for hydroxylation is 2. The first kappa shape index (κ1) is 23.8. The Kier molecular flexibility index (Phi) is 7.54. The molecule has 0 saturated carbocycles. The maximum absolute atomic E-state index is 13.0. The normalized spacial score (nSPS) is 14.2. The van der Waals surface area contributed by atoms with E-state index in [-0.39, 0.29) is 18.4 Å². The van der Waals surface area contributed by atoms with Crippen LogP contribution in [0.15, 0.2) is 48.5 Å². The van der Waals surface area contributed by atoms with Gasteiger partial charge in [-0.1, -0.05) is 55.0 Å². The summed E-state index contributed by atoms with van der Waals surface area (Å²) in [6.07, 6.45) is 0.865. The third kappa shape index (κ3) is 5.60. The minimum absolute atomic E-state index is 0.00756. The number of amides is 2. The van der Waals surface area contributed by atoms with Gasteiger partial charge in [-0.05, 0) is 37.2 Å². The Balaban J connectivity index is 1.31. The van der Waals surface area contributed by atoms with Gasteiger partial charge in [0.1, 0.15) is 6.54 Å². The number of nitrogens with zero attached hydrogens (tertiary/aromatic N) is 4. The van der Waals surface area contributed by atoms with E-state index in [9.17, 15) is 9.59 Å². The summed E-state index contributed by atoms with van der Waals surface area (Å²) in [5.41, 5.74) is 4.05. The third-order valence-electron chi connectivity index (χ3n) is 6.13. The number of piperazine rings is 1. The van der Waals surface area contributed by atoms with E-state index >= 15 is 0 Å². The van der Waals surface area contributed by atoms with E-state index in [1.165, 1.54) is 0 Å². The van der Waals surface area contributed by atoms with Gasteiger partial charge in [0, 0.05) is 37.4 Å². The molecule has 1 aliphatic heterocycles. The molecule has 1 fully saturated rings. The summed E-state index contributed by atoms with van der Waals surface area (Å²) in [6, 6.07) is 15.8. The number of benzene rings is 2. The molecule has 1 aliphatic rings. The highest BCUT2D eigenvalue weighted by molar-refractivity contribution is 7.71. The minimum atomic E-state index is -0.0342. The predicted octanol–water partition coefficient (Wildman–Crippen LogP) is 3.26. The van der Waals surface area contributed by atoms with Crippen LogP contribution in [0.2, 0.25) is 0 Å². The molecule has 3 aromatic rings. The van der Waals surface area contributed by atoms with Crippen LogP contribution in [-0.2, 0) is 22.6 Å². The highest BCUT2D eigenvalue weighted by Gasteiger charge is 2.24. The van der Waals surface area contributed by atoms with Crippen molar-refractivity contribution in [3.05, 3.63) is 64.4 Å². The van der Waals surface area contributed by atoms with E-state index in [0.29, 0.717) is 43.3 Å². The van der Waals surface area contributed by atoms with Crippen molar-refractivity contribution in [1.29, 1.82) is 0 Å². The Hall–Kier alpha value is -3.30. The van der Waals surface area contributed by atoms with Crippen LogP contribution in [0, 0.1) is 11.7 Å². The smallest absolute Gasteiger partial charge is 0.242 e. The van der Waals surface area contributed by atoms with Crippen molar-refractivity contribution in [2.24, 2.45) is 0 Å². The minimum Gasteiger partial charge on any atom is -0.339 e. The predicted molar refractivity (Wildman–Crippen MR) is 135 cm³/mol. The summed E-state index contributed by atoms with van der Waals surface area (Å²) >= 11 is 5.38. The molecule has 1 aromatic heterocycles. The van der Waals surface area contributed by atoms with Crippen LogP contribution in [0.1, 0.15) is 18.1 Å². The molecule has 2 aromatic carbocycles. The first-order valence-electron chi connectivity index (χ1n) is 11.5. The lowest BCUT2D eigenvalue weighted by Gasteiger charge is -2.34. The van der Waals surface area contributed by atoms with Crippen molar-refractivity contribution in [3.63, 3.8) is 0 Å². The van der Waals surface area contributed by atoms with Gasteiger partial charge in [-0.2, -0.15) is 5.10 Å². The second kappa shape index (κ2) is 10.8. The largest absolute Gasteiger partial charge is 0.339 e. The fraction of sp³-hybridized carbons (Fsp3) is 0.360. The topological polar surface area (TPSA) is 86.3 Å². The number of H-pyrrole nitrogens is 1. The van der Waals surface area contributed by atoms with Gasteiger partial charge in [0.25, 0.3) is 0 Å². The molecule has 9 heteroatoms. The van der Waals surface area contributed by atoms with Gasteiger partial charge in [0.2, 0.25) is 11.8 Å². The van der Waals surface area contributed by atoms with E-state index in [0.717, 1.165) is 28.8 Å². The van der Waals surface area contributed by atoms with Crippen LogP contribution in [0.5, 0.6) is 0 Å². The number of para-hydroxylation sites is 1. The summed E-state index contributed by atoms with van der Waals surface area (Å²) in [7, 11) is 0. The average Bonchev–Trinajstić information content (AvgIpc) is 3.20. The van der Waals surface area contributed by atoms with Gasteiger partial charge < -0.3 is 10.2 Å². The fourth-order valence-corrected chi connectivity index (χ4v) is 4.32. The van der Waals surface area contributed by atoms with Crippen LogP contribution >= 0.6 is 12.2 Å². The molecule has 0 spiro atoms. The Labute approximate surface area is 204 Å². The maximum Gasteiger partial charge on any atom is 0.242 e. The van der Waals surface area contributed by atoms with Crippen molar-refractivity contribution < 1.29 is 9.59 Å². The highest BCUT2D eigenvalue weighted by Crippen LogP contribution is 2.19. The van der Waals surface area contributed by atoms with Gasteiger partial charge >= 0.3 is 0 Å². The fourth-order valence-electron chi connectivity index (χ4n) is 4.12. The highest BCUT2D eigenvalue weighted by atomic mass is 32.1. The summed E-state index contributed by atoms with van der Waals surface area (Å²) in [6.45, 7) is 6.98. The Morgan fingerprint density at radius 1 is 1.03 bits per heavy atom. The number of anilines is 1. The number of aromatic amines is 1. The second-order valence-corrected chi connectivity index (χ2v) is 8.91. The molecule has 0 unspecified atom stereocenters. The molecule has 0 atom stereocenters. The van der Waals surface area contributed by atoms with Gasteiger partial charge in [0.05, 0.1) is 6.54 Å². The van der Waals surface area contributed by atoms with Crippen molar-refractivity contribution in [2.45, 2.75) is 26.8 Å². The molecule has 1 saturated heterocycles. The molecule has 0 radical (unpaired) electrons. The lowest BCUT2D eigenvalue weighted by molar-refractivity contribution is -0.133.